The Morgan fingerprint density at radius 1 is 0.771 bits per heavy atom. The highest BCUT2D eigenvalue weighted by Gasteiger charge is 2.26. The van der Waals surface area contributed by atoms with E-state index in [4.69, 9.17) is 20.1 Å². The van der Waals surface area contributed by atoms with Gasteiger partial charge in [0.1, 0.15) is 12.1 Å². The standard InChI is InChI=1S/C25H50NO8P/c1-3-5-6-7-8-9-10-11-12-13-14-15-16-17-18-19-24(27)34-22(4-2)20-32-35(30,31)33-21-23(26)25(28)29/h22-23H,3-21,26H2,1-2H3,(H,28,29)(H,30,31)/t22?,23-/m0/s1. The third-order valence-corrected chi connectivity index (χ3v) is 6.85. The van der Waals surface area contributed by atoms with Gasteiger partial charge in [0.2, 0.25) is 0 Å². The second-order valence-corrected chi connectivity index (χ2v) is 10.7. The average Bonchev–Trinajstić information content (AvgIpc) is 2.82. The first-order chi connectivity index (χ1) is 16.7. The number of aliphatic carboxylic acids is 1. The highest BCUT2D eigenvalue weighted by molar-refractivity contribution is 7.47. The Kier molecular flexibility index (Phi) is 21.6. The molecule has 4 N–H and O–H groups in total. The maximum Gasteiger partial charge on any atom is 0.472 e. The summed E-state index contributed by atoms with van der Waals surface area (Å²) in [4.78, 5) is 32.3. The van der Waals surface area contributed by atoms with Gasteiger partial charge in [-0.25, -0.2) is 4.57 Å². The average molecular weight is 524 g/mol. The lowest BCUT2D eigenvalue weighted by molar-refractivity contribution is -0.151. The molecule has 0 amide bonds. The Morgan fingerprint density at radius 2 is 1.20 bits per heavy atom. The van der Waals surface area contributed by atoms with Crippen LogP contribution in [0.1, 0.15) is 123 Å². The largest absolute Gasteiger partial charge is 0.480 e. The molecular formula is C25H50NO8P. The predicted molar refractivity (Wildman–Crippen MR) is 137 cm³/mol. The minimum Gasteiger partial charge on any atom is -0.480 e. The molecule has 3 atom stereocenters. The van der Waals surface area contributed by atoms with Crippen molar-refractivity contribution in [3.8, 4) is 0 Å². The lowest BCUT2D eigenvalue weighted by atomic mass is 10.0. The Balaban J connectivity index is 3.70. The summed E-state index contributed by atoms with van der Waals surface area (Å²) in [6.07, 6.45) is 18.8. The number of carboxylic acids is 1. The predicted octanol–water partition coefficient (Wildman–Crippen LogP) is 6.12. The minimum absolute atomic E-state index is 0.301. The van der Waals surface area contributed by atoms with E-state index in [9.17, 15) is 19.0 Å². The maximum absolute atomic E-state index is 12.0. The molecule has 0 spiro atoms. The van der Waals surface area contributed by atoms with E-state index >= 15 is 0 Å². The number of esters is 1. The van der Waals surface area contributed by atoms with Crippen LogP contribution < -0.4 is 5.73 Å². The topological polar surface area (TPSA) is 145 Å². The van der Waals surface area contributed by atoms with E-state index < -0.39 is 32.5 Å². The smallest absolute Gasteiger partial charge is 0.472 e. The number of phosphoric ester groups is 1. The molecule has 0 aliphatic heterocycles. The van der Waals surface area contributed by atoms with Gasteiger partial charge in [-0.05, 0) is 12.8 Å². The third kappa shape index (κ3) is 22.0. The van der Waals surface area contributed by atoms with Crippen LogP contribution in [-0.4, -0.2) is 47.3 Å². The molecule has 0 aromatic heterocycles. The molecule has 35 heavy (non-hydrogen) atoms. The molecule has 0 rings (SSSR count). The molecule has 0 aliphatic carbocycles. The molecule has 208 valence electrons. The highest BCUT2D eigenvalue weighted by atomic mass is 31.2. The number of carbonyl (C=O) groups is 2. The summed E-state index contributed by atoms with van der Waals surface area (Å²) in [5.41, 5.74) is 5.22. The van der Waals surface area contributed by atoms with Gasteiger partial charge in [0, 0.05) is 6.42 Å². The molecule has 0 aliphatic rings. The summed E-state index contributed by atoms with van der Waals surface area (Å²) in [6.45, 7) is 3.02. The zero-order valence-corrected chi connectivity index (χ0v) is 22.9. The van der Waals surface area contributed by atoms with E-state index in [0.29, 0.717) is 12.8 Å². The van der Waals surface area contributed by atoms with Crippen LogP contribution in [-0.2, 0) is 27.9 Å². The summed E-state index contributed by atoms with van der Waals surface area (Å²) in [5.74, 6) is -1.72. The number of hydrogen-bond acceptors (Lipinski definition) is 7. The highest BCUT2D eigenvalue weighted by Crippen LogP contribution is 2.43. The van der Waals surface area contributed by atoms with Gasteiger partial charge in [-0.1, -0.05) is 104 Å². The number of ether oxygens (including phenoxy) is 1. The van der Waals surface area contributed by atoms with Crippen molar-refractivity contribution >= 4 is 19.8 Å². The van der Waals surface area contributed by atoms with Gasteiger partial charge in [0.25, 0.3) is 0 Å². The Labute approximate surface area is 212 Å². The Bertz CT molecular complexity index is 590. The summed E-state index contributed by atoms with van der Waals surface area (Å²) in [6, 6.07) is -1.44. The van der Waals surface area contributed by atoms with Crippen molar-refractivity contribution in [2.75, 3.05) is 13.2 Å². The van der Waals surface area contributed by atoms with Crippen LogP contribution in [0.25, 0.3) is 0 Å². The number of rotatable bonds is 25. The summed E-state index contributed by atoms with van der Waals surface area (Å²) < 4.78 is 26.5. The molecule has 0 saturated heterocycles. The number of carboxylic acid groups (broad SMARTS) is 1. The summed E-state index contributed by atoms with van der Waals surface area (Å²) in [7, 11) is -4.48. The SMILES string of the molecule is CCCCCCCCCCCCCCCCCC(=O)OC(CC)COP(=O)(O)OC[C@H](N)C(=O)O. The van der Waals surface area contributed by atoms with Crippen molar-refractivity contribution in [2.45, 2.75) is 135 Å². The zero-order chi connectivity index (χ0) is 26.4. The normalized spacial score (nSPS) is 14.9. The van der Waals surface area contributed by atoms with E-state index in [1.165, 1.54) is 77.0 Å². The van der Waals surface area contributed by atoms with Crippen LogP contribution in [0.3, 0.4) is 0 Å². The number of phosphoric acid groups is 1. The molecule has 10 heteroatoms. The fourth-order valence-corrected chi connectivity index (χ4v) is 4.36. The summed E-state index contributed by atoms with van der Waals surface area (Å²) in [5, 5.41) is 8.66. The van der Waals surface area contributed by atoms with Crippen LogP contribution in [0.15, 0.2) is 0 Å². The molecular weight excluding hydrogens is 473 g/mol. The first-order valence-corrected chi connectivity index (χ1v) is 15.0. The molecule has 0 saturated carbocycles. The number of hydrogen-bond donors (Lipinski definition) is 3. The van der Waals surface area contributed by atoms with E-state index in [-0.39, 0.29) is 12.6 Å². The molecule has 0 heterocycles. The van der Waals surface area contributed by atoms with Crippen LogP contribution in [0, 0.1) is 0 Å². The number of unbranched alkanes of at least 4 members (excludes halogenated alkanes) is 14. The fraction of sp³-hybridized carbons (Fsp3) is 0.920. The van der Waals surface area contributed by atoms with Gasteiger partial charge in [0.05, 0.1) is 13.2 Å². The van der Waals surface area contributed by atoms with Crippen molar-refractivity contribution in [1.82, 2.24) is 0 Å². The van der Waals surface area contributed by atoms with Crippen LogP contribution in [0.2, 0.25) is 0 Å². The van der Waals surface area contributed by atoms with Crippen molar-refractivity contribution in [1.29, 1.82) is 0 Å². The van der Waals surface area contributed by atoms with Crippen molar-refractivity contribution in [3.63, 3.8) is 0 Å². The molecule has 2 unspecified atom stereocenters. The van der Waals surface area contributed by atoms with Gasteiger partial charge in [-0.3, -0.25) is 18.6 Å². The van der Waals surface area contributed by atoms with Crippen molar-refractivity contribution in [3.05, 3.63) is 0 Å². The molecule has 0 aromatic rings. The zero-order valence-electron chi connectivity index (χ0n) is 22.0. The van der Waals surface area contributed by atoms with Crippen molar-refractivity contribution in [2.24, 2.45) is 5.73 Å². The van der Waals surface area contributed by atoms with E-state index in [0.717, 1.165) is 19.3 Å². The quantitative estimate of drug-likeness (QED) is 0.0732. The molecule has 0 radical (unpaired) electrons. The third-order valence-electron chi connectivity index (χ3n) is 5.90. The first kappa shape index (κ1) is 34.0. The molecule has 0 bridgehead atoms. The van der Waals surface area contributed by atoms with Gasteiger partial charge in [-0.15, -0.1) is 0 Å². The van der Waals surface area contributed by atoms with Crippen molar-refractivity contribution < 1.29 is 37.9 Å². The molecule has 9 nitrogen and oxygen atoms in total. The number of nitrogens with two attached hydrogens (primary N) is 1. The van der Waals surface area contributed by atoms with Crippen LogP contribution in [0.5, 0.6) is 0 Å². The van der Waals surface area contributed by atoms with Crippen LogP contribution in [0.4, 0.5) is 0 Å². The fourth-order valence-electron chi connectivity index (χ4n) is 3.58. The van der Waals surface area contributed by atoms with Gasteiger partial charge in [0.15, 0.2) is 0 Å². The molecule has 0 fully saturated rings. The monoisotopic (exact) mass is 523 g/mol. The summed E-state index contributed by atoms with van der Waals surface area (Å²) >= 11 is 0. The van der Waals surface area contributed by atoms with E-state index in [1.54, 1.807) is 6.92 Å². The second-order valence-electron chi connectivity index (χ2n) is 9.22. The van der Waals surface area contributed by atoms with Gasteiger partial charge < -0.3 is 20.5 Å². The van der Waals surface area contributed by atoms with E-state index in [1.807, 2.05) is 0 Å². The minimum atomic E-state index is -4.48. The number of carbonyl (C=O) groups excluding carboxylic acids is 1. The lowest BCUT2D eigenvalue weighted by Crippen LogP contribution is -2.34. The first-order valence-electron chi connectivity index (χ1n) is 13.5. The second kappa shape index (κ2) is 22.2. The Hall–Kier alpha value is -0.990. The lowest BCUT2D eigenvalue weighted by Gasteiger charge is -2.19. The van der Waals surface area contributed by atoms with Gasteiger partial charge in [-0.2, -0.15) is 0 Å². The maximum atomic E-state index is 12.0. The van der Waals surface area contributed by atoms with E-state index in [2.05, 4.69) is 11.4 Å². The van der Waals surface area contributed by atoms with Gasteiger partial charge >= 0.3 is 19.8 Å². The molecule has 0 aromatic carbocycles. The Morgan fingerprint density at radius 3 is 1.63 bits per heavy atom. The van der Waals surface area contributed by atoms with Crippen LogP contribution >= 0.6 is 7.82 Å².